The van der Waals surface area contributed by atoms with Crippen LogP contribution in [-0.2, 0) is 9.84 Å². The maximum absolute atomic E-state index is 12.3. The van der Waals surface area contributed by atoms with Gasteiger partial charge in [-0.1, -0.05) is 17.7 Å². The highest BCUT2D eigenvalue weighted by molar-refractivity contribution is 7.95. The van der Waals surface area contributed by atoms with Gasteiger partial charge in [-0.25, -0.2) is 8.42 Å². The quantitative estimate of drug-likeness (QED) is 0.814. The molecule has 0 amide bonds. The van der Waals surface area contributed by atoms with E-state index in [0.717, 1.165) is 11.1 Å². The van der Waals surface area contributed by atoms with Crippen LogP contribution in [-0.4, -0.2) is 8.42 Å². The number of aryl methyl sites for hydroxylation is 1. The Balaban J connectivity index is 2.49. The monoisotopic (exact) mass is 289 g/mol. The maximum Gasteiger partial charge on any atom is 0.216 e. The lowest BCUT2D eigenvalue weighted by Crippen LogP contribution is -2.03. The first-order chi connectivity index (χ1) is 9.04. The van der Waals surface area contributed by atoms with E-state index in [2.05, 4.69) is 0 Å². The van der Waals surface area contributed by atoms with Crippen molar-refractivity contribution in [3.05, 3.63) is 57.1 Å². The Morgan fingerprint density at radius 2 is 1.95 bits per heavy atom. The Hall–Kier alpha value is -1.90. The Bertz CT molecular complexity index is 734. The summed E-state index contributed by atoms with van der Waals surface area (Å²) in [7, 11) is -3.74. The zero-order valence-electron chi connectivity index (χ0n) is 10.2. The summed E-state index contributed by atoms with van der Waals surface area (Å²) >= 11 is 1.45. The molecule has 0 aliphatic heterocycles. The summed E-state index contributed by atoms with van der Waals surface area (Å²) in [6, 6.07) is 10.0. The Labute approximate surface area is 116 Å². The van der Waals surface area contributed by atoms with E-state index in [1.807, 2.05) is 12.3 Å². The lowest BCUT2D eigenvalue weighted by Gasteiger charge is -2.03. The van der Waals surface area contributed by atoms with Gasteiger partial charge in [0.25, 0.3) is 0 Å². The molecule has 0 radical (unpaired) electrons. The summed E-state index contributed by atoms with van der Waals surface area (Å²) in [6.07, 6.45) is 1.39. The van der Waals surface area contributed by atoms with Gasteiger partial charge in [-0.05, 0) is 47.5 Å². The van der Waals surface area contributed by atoms with Gasteiger partial charge in [0.2, 0.25) is 9.84 Å². The van der Waals surface area contributed by atoms with Gasteiger partial charge in [0.05, 0.1) is 4.90 Å². The maximum atomic E-state index is 12.3. The van der Waals surface area contributed by atoms with Crippen molar-refractivity contribution >= 4 is 27.3 Å². The fourth-order valence-corrected chi connectivity index (χ4v) is 3.30. The fourth-order valence-electron chi connectivity index (χ4n) is 1.52. The molecule has 0 fully saturated rings. The average Bonchev–Trinajstić information content (AvgIpc) is 2.89. The van der Waals surface area contributed by atoms with Crippen molar-refractivity contribution in [3.8, 4) is 6.07 Å². The van der Waals surface area contributed by atoms with Gasteiger partial charge >= 0.3 is 0 Å². The summed E-state index contributed by atoms with van der Waals surface area (Å²) in [5.74, 6) is 0. The summed E-state index contributed by atoms with van der Waals surface area (Å²) in [5.41, 5.74) is 1.69. The molecular formula is C14H11NO2S2. The molecule has 0 atom stereocenters. The minimum Gasteiger partial charge on any atom is -0.218 e. The molecule has 0 saturated heterocycles. The van der Waals surface area contributed by atoms with E-state index >= 15 is 0 Å². The van der Waals surface area contributed by atoms with Gasteiger partial charge in [-0.3, -0.25) is 0 Å². The highest BCUT2D eigenvalue weighted by atomic mass is 32.2. The SMILES string of the molecule is Cc1ccc(S(=O)(=O)/C(C#N)=C/c2ccsc2)cc1. The van der Waals surface area contributed by atoms with Crippen LogP contribution in [0.2, 0.25) is 0 Å². The molecule has 0 bridgehead atoms. The second kappa shape index (κ2) is 5.39. The van der Waals surface area contributed by atoms with Gasteiger partial charge < -0.3 is 0 Å². The summed E-state index contributed by atoms with van der Waals surface area (Å²) < 4.78 is 24.6. The zero-order chi connectivity index (χ0) is 13.9. The van der Waals surface area contributed by atoms with Crippen molar-refractivity contribution < 1.29 is 8.42 Å². The molecule has 3 nitrogen and oxygen atoms in total. The van der Waals surface area contributed by atoms with Crippen LogP contribution in [0.1, 0.15) is 11.1 Å². The van der Waals surface area contributed by atoms with Gasteiger partial charge in [0.15, 0.2) is 0 Å². The molecule has 2 aromatic rings. The van der Waals surface area contributed by atoms with Crippen LogP contribution in [0.25, 0.3) is 6.08 Å². The highest BCUT2D eigenvalue weighted by Crippen LogP contribution is 2.22. The predicted molar refractivity (Wildman–Crippen MR) is 76.3 cm³/mol. The normalized spacial score (nSPS) is 12.1. The third-order valence-corrected chi connectivity index (χ3v) is 4.95. The van der Waals surface area contributed by atoms with Crippen molar-refractivity contribution in [2.75, 3.05) is 0 Å². The summed E-state index contributed by atoms with van der Waals surface area (Å²) in [5, 5.41) is 12.7. The Morgan fingerprint density at radius 1 is 1.26 bits per heavy atom. The van der Waals surface area contributed by atoms with E-state index in [4.69, 9.17) is 5.26 Å². The Kier molecular flexibility index (Phi) is 3.84. The second-order valence-corrected chi connectivity index (χ2v) is 6.69. The number of nitriles is 1. The molecule has 0 N–H and O–H groups in total. The van der Waals surface area contributed by atoms with E-state index in [1.54, 1.807) is 29.6 Å². The highest BCUT2D eigenvalue weighted by Gasteiger charge is 2.20. The molecule has 0 unspecified atom stereocenters. The van der Waals surface area contributed by atoms with Crippen LogP contribution in [0.15, 0.2) is 50.9 Å². The minimum absolute atomic E-state index is 0.140. The van der Waals surface area contributed by atoms with Crippen molar-refractivity contribution in [2.45, 2.75) is 11.8 Å². The summed E-state index contributed by atoms with van der Waals surface area (Å²) in [6.45, 7) is 1.88. The number of thiophene rings is 1. The summed E-state index contributed by atoms with van der Waals surface area (Å²) in [4.78, 5) is -0.101. The van der Waals surface area contributed by atoms with Crippen molar-refractivity contribution in [2.24, 2.45) is 0 Å². The van der Waals surface area contributed by atoms with Crippen LogP contribution >= 0.6 is 11.3 Å². The number of sulfone groups is 1. The number of hydrogen-bond acceptors (Lipinski definition) is 4. The molecule has 0 aliphatic carbocycles. The molecule has 1 aromatic carbocycles. The molecule has 2 rings (SSSR count). The van der Waals surface area contributed by atoms with Gasteiger partial charge in [0, 0.05) is 0 Å². The molecule has 1 heterocycles. The zero-order valence-corrected chi connectivity index (χ0v) is 11.8. The van der Waals surface area contributed by atoms with Gasteiger partial charge in [-0.15, -0.1) is 0 Å². The fraction of sp³-hybridized carbons (Fsp3) is 0.0714. The molecule has 0 saturated carbocycles. The Morgan fingerprint density at radius 3 is 2.47 bits per heavy atom. The van der Waals surface area contributed by atoms with Gasteiger partial charge in [0.1, 0.15) is 11.0 Å². The number of rotatable bonds is 3. The predicted octanol–water partition coefficient (Wildman–Crippen LogP) is 3.39. The first-order valence-electron chi connectivity index (χ1n) is 5.50. The van der Waals surface area contributed by atoms with E-state index < -0.39 is 9.84 Å². The third-order valence-electron chi connectivity index (χ3n) is 2.57. The lowest BCUT2D eigenvalue weighted by atomic mass is 10.2. The average molecular weight is 289 g/mol. The van der Waals surface area contributed by atoms with Crippen LogP contribution in [0.3, 0.4) is 0 Å². The van der Waals surface area contributed by atoms with Gasteiger partial charge in [-0.2, -0.15) is 16.6 Å². The lowest BCUT2D eigenvalue weighted by molar-refractivity contribution is 0.603. The van der Waals surface area contributed by atoms with Crippen LogP contribution in [0, 0.1) is 18.3 Å². The number of hydrogen-bond donors (Lipinski definition) is 0. The first-order valence-corrected chi connectivity index (χ1v) is 7.92. The molecule has 0 aliphatic rings. The third kappa shape index (κ3) is 2.92. The smallest absolute Gasteiger partial charge is 0.216 e. The largest absolute Gasteiger partial charge is 0.218 e. The molecule has 19 heavy (non-hydrogen) atoms. The van der Waals surface area contributed by atoms with Crippen LogP contribution < -0.4 is 0 Å². The topological polar surface area (TPSA) is 57.9 Å². The number of allylic oxidation sites excluding steroid dienone is 1. The van der Waals surface area contributed by atoms with E-state index in [1.165, 1.54) is 29.5 Å². The first kappa shape index (κ1) is 13.5. The van der Waals surface area contributed by atoms with Crippen molar-refractivity contribution in [1.82, 2.24) is 0 Å². The molecule has 96 valence electrons. The molecular weight excluding hydrogens is 278 g/mol. The standard InChI is InChI=1S/C14H11NO2S2/c1-11-2-4-13(5-3-11)19(16,17)14(9-15)8-12-6-7-18-10-12/h2-8,10H,1H3/b14-8+. The second-order valence-electron chi connectivity index (χ2n) is 3.99. The number of nitrogens with zero attached hydrogens (tertiary/aromatic N) is 1. The minimum atomic E-state index is -3.74. The molecule has 1 aromatic heterocycles. The molecule has 0 spiro atoms. The van der Waals surface area contributed by atoms with E-state index in [0.29, 0.717) is 0 Å². The van der Waals surface area contributed by atoms with E-state index in [9.17, 15) is 8.42 Å². The van der Waals surface area contributed by atoms with Crippen molar-refractivity contribution in [1.29, 1.82) is 5.26 Å². The molecule has 5 heteroatoms. The van der Waals surface area contributed by atoms with Crippen molar-refractivity contribution in [3.63, 3.8) is 0 Å². The van der Waals surface area contributed by atoms with Crippen LogP contribution in [0.4, 0.5) is 0 Å². The van der Waals surface area contributed by atoms with E-state index in [-0.39, 0.29) is 9.80 Å². The van der Waals surface area contributed by atoms with Crippen LogP contribution in [0.5, 0.6) is 0 Å². The number of benzene rings is 1.